The van der Waals surface area contributed by atoms with Gasteiger partial charge in [0.1, 0.15) is 6.61 Å². The maximum absolute atomic E-state index is 11.3. The highest BCUT2D eigenvalue weighted by Gasteiger charge is 1.93. The number of hydrogen-bond acceptors (Lipinski definition) is 2. The number of carbonyl (C=O) groups excluding carboxylic acids is 1. The van der Waals surface area contributed by atoms with E-state index in [0.29, 0.717) is 6.61 Å². The molecular weight excluding hydrogens is 248 g/mol. The van der Waals surface area contributed by atoms with Gasteiger partial charge in [-0.25, -0.2) is 4.79 Å². The van der Waals surface area contributed by atoms with Gasteiger partial charge in [-0.05, 0) is 19.3 Å². The fraction of sp³-hybridized carbons (Fsp3) is 0.722. The van der Waals surface area contributed by atoms with Crippen molar-refractivity contribution in [1.82, 2.24) is 0 Å². The molecule has 0 aromatic heterocycles. The molecule has 0 aromatic rings. The van der Waals surface area contributed by atoms with Crippen LogP contribution in [-0.2, 0) is 9.53 Å². The quantitative estimate of drug-likeness (QED) is 0.190. The van der Waals surface area contributed by atoms with Crippen molar-refractivity contribution >= 4 is 5.97 Å². The fourth-order valence-corrected chi connectivity index (χ4v) is 1.91. The predicted molar refractivity (Wildman–Crippen MR) is 86.8 cm³/mol. The highest BCUT2D eigenvalue weighted by Crippen LogP contribution is 2.07. The number of unbranched alkanes of at least 4 members (excludes halogenated alkanes) is 8. The van der Waals surface area contributed by atoms with Crippen LogP contribution in [0, 0.1) is 0 Å². The molecule has 2 heteroatoms. The molecular formula is C18H32O2. The zero-order valence-corrected chi connectivity index (χ0v) is 13.4. The van der Waals surface area contributed by atoms with Gasteiger partial charge in [-0.3, -0.25) is 0 Å². The maximum Gasteiger partial charge on any atom is 0.330 e. The molecule has 0 amide bonds. The fourth-order valence-electron chi connectivity index (χ4n) is 1.91. The van der Waals surface area contributed by atoms with E-state index in [-0.39, 0.29) is 5.97 Å². The third-order valence-corrected chi connectivity index (χ3v) is 3.19. The van der Waals surface area contributed by atoms with Gasteiger partial charge in [-0.2, -0.15) is 0 Å². The van der Waals surface area contributed by atoms with Crippen LogP contribution in [0.1, 0.15) is 78.1 Å². The summed E-state index contributed by atoms with van der Waals surface area (Å²) < 4.78 is 5.07. The van der Waals surface area contributed by atoms with Crippen LogP contribution in [0.25, 0.3) is 0 Å². The van der Waals surface area contributed by atoms with Gasteiger partial charge in [0.2, 0.25) is 0 Å². The monoisotopic (exact) mass is 280 g/mol. The van der Waals surface area contributed by atoms with Crippen LogP contribution in [0.3, 0.4) is 0 Å². The summed E-state index contributed by atoms with van der Waals surface area (Å²) in [5.74, 6) is -0.231. The molecule has 0 aliphatic rings. The number of ether oxygens (including phenoxy) is 1. The van der Waals surface area contributed by atoms with Gasteiger partial charge < -0.3 is 4.74 Å². The summed E-state index contributed by atoms with van der Waals surface area (Å²) in [6.07, 6.45) is 19.8. The summed E-state index contributed by atoms with van der Waals surface area (Å²) in [6.45, 7) is 4.77. The zero-order valence-electron chi connectivity index (χ0n) is 13.4. The highest BCUT2D eigenvalue weighted by molar-refractivity contribution is 5.81. The zero-order chi connectivity index (χ0) is 14.9. The Bertz CT molecular complexity index is 267. The Hall–Kier alpha value is -1.05. The lowest BCUT2D eigenvalue weighted by atomic mass is 10.1. The van der Waals surface area contributed by atoms with E-state index in [1.807, 2.05) is 12.2 Å². The summed E-state index contributed by atoms with van der Waals surface area (Å²) in [7, 11) is 0. The van der Waals surface area contributed by atoms with Gasteiger partial charge >= 0.3 is 5.97 Å². The molecule has 0 fully saturated rings. The van der Waals surface area contributed by atoms with Gasteiger partial charge in [0.15, 0.2) is 0 Å². The predicted octanol–water partition coefficient (Wildman–Crippen LogP) is 5.58. The van der Waals surface area contributed by atoms with Crippen LogP contribution >= 0.6 is 0 Å². The molecule has 116 valence electrons. The Kier molecular flexibility index (Phi) is 15.2. The highest BCUT2D eigenvalue weighted by atomic mass is 16.5. The van der Waals surface area contributed by atoms with E-state index in [4.69, 9.17) is 4.74 Å². The van der Waals surface area contributed by atoms with E-state index in [0.717, 1.165) is 25.7 Å². The second-order valence-electron chi connectivity index (χ2n) is 5.20. The smallest absolute Gasteiger partial charge is 0.330 e. The van der Waals surface area contributed by atoms with Crippen LogP contribution in [0.4, 0.5) is 0 Å². The van der Waals surface area contributed by atoms with E-state index < -0.39 is 0 Å². The first-order valence-electron chi connectivity index (χ1n) is 8.29. The normalized spacial score (nSPS) is 11.5. The van der Waals surface area contributed by atoms with Crippen molar-refractivity contribution in [3.05, 3.63) is 24.3 Å². The molecule has 2 nitrogen and oxygen atoms in total. The molecule has 0 saturated carbocycles. The van der Waals surface area contributed by atoms with Gasteiger partial charge in [0.25, 0.3) is 0 Å². The Morgan fingerprint density at radius 1 is 0.800 bits per heavy atom. The van der Waals surface area contributed by atoms with Crippen LogP contribution in [0.2, 0.25) is 0 Å². The van der Waals surface area contributed by atoms with Crippen molar-refractivity contribution < 1.29 is 9.53 Å². The number of hydrogen-bond donors (Lipinski definition) is 0. The molecule has 0 aliphatic carbocycles. The summed E-state index contributed by atoms with van der Waals surface area (Å²) in [5.41, 5.74) is 0. The maximum atomic E-state index is 11.3. The topological polar surface area (TPSA) is 26.3 Å². The molecule has 0 heterocycles. The summed E-state index contributed by atoms with van der Waals surface area (Å²) in [5, 5.41) is 0. The van der Waals surface area contributed by atoms with Crippen LogP contribution in [0.5, 0.6) is 0 Å². The lowest BCUT2D eigenvalue weighted by Crippen LogP contribution is -1.99. The average Bonchev–Trinajstić information content (AvgIpc) is 2.45. The lowest BCUT2D eigenvalue weighted by Gasteiger charge is -1.98. The molecule has 0 aromatic carbocycles. The molecule has 20 heavy (non-hydrogen) atoms. The Labute approximate surface area is 125 Å². The SMILES string of the molecule is CCCC/C=C/C(=O)OC/C=C/CCCCCCCC. The van der Waals surface area contributed by atoms with Crippen LogP contribution in [-0.4, -0.2) is 12.6 Å². The van der Waals surface area contributed by atoms with E-state index >= 15 is 0 Å². The van der Waals surface area contributed by atoms with Gasteiger partial charge in [-0.15, -0.1) is 0 Å². The molecule has 0 rings (SSSR count). The number of carbonyl (C=O) groups is 1. The largest absolute Gasteiger partial charge is 0.458 e. The first-order chi connectivity index (χ1) is 9.81. The van der Waals surface area contributed by atoms with Crippen molar-refractivity contribution in [3.63, 3.8) is 0 Å². The molecule has 0 unspecified atom stereocenters. The molecule has 0 atom stereocenters. The number of esters is 1. The van der Waals surface area contributed by atoms with E-state index in [9.17, 15) is 4.79 Å². The second-order valence-corrected chi connectivity index (χ2v) is 5.20. The van der Waals surface area contributed by atoms with Gasteiger partial charge in [0.05, 0.1) is 0 Å². The average molecular weight is 280 g/mol. The molecule has 0 aliphatic heterocycles. The van der Waals surface area contributed by atoms with Crippen LogP contribution < -0.4 is 0 Å². The standard InChI is InChI=1S/C18H32O2/c1-3-5-7-9-10-11-12-13-15-17-20-18(19)16-14-8-6-4-2/h13-16H,3-12,17H2,1-2H3/b15-13+,16-14+. The van der Waals surface area contributed by atoms with Crippen molar-refractivity contribution in [1.29, 1.82) is 0 Å². The molecule has 0 spiro atoms. The Morgan fingerprint density at radius 2 is 1.45 bits per heavy atom. The molecule has 0 radical (unpaired) electrons. The summed E-state index contributed by atoms with van der Waals surface area (Å²) >= 11 is 0. The Morgan fingerprint density at radius 3 is 2.20 bits per heavy atom. The first-order valence-corrected chi connectivity index (χ1v) is 8.29. The number of allylic oxidation sites excluding steroid dienone is 2. The van der Waals surface area contributed by atoms with Crippen molar-refractivity contribution in [2.75, 3.05) is 6.61 Å². The van der Waals surface area contributed by atoms with Gasteiger partial charge in [-0.1, -0.05) is 77.0 Å². The molecule has 0 saturated heterocycles. The molecule has 0 bridgehead atoms. The summed E-state index contributed by atoms with van der Waals surface area (Å²) in [6, 6.07) is 0. The van der Waals surface area contributed by atoms with Crippen LogP contribution in [0.15, 0.2) is 24.3 Å². The minimum atomic E-state index is -0.231. The van der Waals surface area contributed by atoms with E-state index in [2.05, 4.69) is 19.9 Å². The summed E-state index contributed by atoms with van der Waals surface area (Å²) in [4.78, 5) is 11.3. The van der Waals surface area contributed by atoms with E-state index in [1.165, 1.54) is 44.6 Å². The lowest BCUT2D eigenvalue weighted by molar-refractivity contribution is -0.136. The number of rotatable bonds is 13. The van der Waals surface area contributed by atoms with Gasteiger partial charge in [0, 0.05) is 6.08 Å². The van der Waals surface area contributed by atoms with Crippen molar-refractivity contribution in [3.8, 4) is 0 Å². The minimum Gasteiger partial charge on any atom is -0.458 e. The third kappa shape index (κ3) is 15.0. The second kappa shape index (κ2) is 16.0. The van der Waals surface area contributed by atoms with E-state index in [1.54, 1.807) is 0 Å². The minimum absolute atomic E-state index is 0.231. The molecule has 0 N–H and O–H groups in total. The van der Waals surface area contributed by atoms with Crippen molar-refractivity contribution in [2.24, 2.45) is 0 Å². The first kappa shape index (κ1) is 18.9. The Balaban J connectivity index is 3.34. The third-order valence-electron chi connectivity index (χ3n) is 3.19. The van der Waals surface area contributed by atoms with Crippen molar-refractivity contribution in [2.45, 2.75) is 78.1 Å².